The molecule has 0 heterocycles. The zero-order chi connectivity index (χ0) is 14.4. The van der Waals surface area contributed by atoms with Gasteiger partial charge in [0.05, 0.1) is 0 Å². The van der Waals surface area contributed by atoms with E-state index in [1.165, 1.54) is 4.90 Å². The molecular weight excluding hydrogens is 284 g/mol. The molecular formula is C17H18OS2. The molecule has 0 saturated heterocycles. The summed E-state index contributed by atoms with van der Waals surface area (Å²) in [6, 6.07) is 15.7. The Morgan fingerprint density at radius 2 is 1.55 bits per heavy atom. The van der Waals surface area contributed by atoms with Gasteiger partial charge in [0, 0.05) is 20.9 Å². The predicted molar refractivity (Wildman–Crippen MR) is 89.1 cm³/mol. The summed E-state index contributed by atoms with van der Waals surface area (Å²) in [5, 5.41) is 0. The molecule has 0 radical (unpaired) electrons. The highest BCUT2D eigenvalue weighted by Crippen LogP contribution is 2.25. The first-order chi connectivity index (χ1) is 9.76. The van der Waals surface area contributed by atoms with Crippen LogP contribution in [0.25, 0.3) is 0 Å². The number of ketones is 1. The Morgan fingerprint density at radius 3 is 2.20 bits per heavy atom. The number of thioether (sulfide) groups is 2. The zero-order valence-electron chi connectivity index (χ0n) is 11.8. The van der Waals surface area contributed by atoms with Gasteiger partial charge >= 0.3 is 0 Å². The molecule has 2 aromatic rings. The Kier molecular flexibility index (Phi) is 5.74. The first-order valence-corrected chi connectivity index (χ1v) is 8.72. The van der Waals surface area contributed by atoms with E-state index in [0.29, 0.717) is 0 Å². The summed E-state index contributed by atoms with van der Waals surface area (Å²) in [5.74, 6) is 2.12. The van der Waals surface area contributed by atoms with Gasteiger partial charge in [0.2, 0.25) is 0 Å². The molecule has 2 rings (SSSR count). The van der Waals surface area contributed by atoms with E-state index in [1.54, 1.807) is 23.5 Å². The van der Waals surface area contributed by atoms with Gasteiger partial charge in [-0.25, -0.2) is 0 Å². The van der Waals surface area contributed by atoms with E-state index in [9.17, 15) is 4.79 Å². The monoisotopic (exact) mass is 302 g/mol. The molecule has 0 unspecified atom stereocenters. The summed E-state index contributed by atoms with van der Waals surface area (Å²) < 4.78 is 0. The van der Waals surface area contributed by atoms with Crippen LogP contribution in [0.4, 0.5) is 0 Å². The van der Waals surface area contributed by atoms with Crippen LogP contribution in [-0.2, 0) is 0 Å². The highest BCUT2D eigenvalue weighted by atomic mass is 32.2. The van der Waals surface area contributed by atoms with Crippen LogP contribution in [0.2, 0.25) is 0 Å². The molecule has 0 N–H and O–H groups in total. The second-order valence-corrected chi connectivity index (χ2v) is 6.86. The number of carbonyl (C=O) groups is 1. The third-order valence-corrected chi connectivity index (χ3v) is 4.71. The number of benzene rings is 2. The van der Waals surface area contributed by atoms with Gasteiger partial charge in [-0.2, -0.15) is 0 Å². The molecule has 0 amide bonds. The lowest BCUT2D eigenvalue weighted by Crippen LogP contribution is -2.03. The lowest BCUT2D eigenvalue weighted by Gasteiger charge is -2.08. The van der Waals surface area contributed by atoms with Crippen LogP contribution >= 0.6 is 23.5 Å². The smallest absolute Gasteiger partial charge is 0.194 e. The molecule has 0 aromatic heterocycles. The van der Waals surface area contributed by atoms with Crippen LogP contribution in [0.15, 0.2) is 58.3 Å². The molecule has 0 aliphatic rings. The minimum Gasteiger partial charge on any atom is -0.289 e. The van der Waals surface area contributed by atoms with Crippen LogP contribution in [-0.4, -0.2) is 17.3 Å². The van der Waals surface area contributed by atoms with Crippen LogP contribution in [0, 0.1) is 0 Å². The molecule has 0 spiro atoms. The average Bonchev–Trinajstić information content (AvgIpc) is 2.49. The molecule has 0 aliphatic heterocycles. The van der Waals surface area contributed by atoms with Gasteiger partial charge in [-0.05, 0) is 47.9 Å². The Labute approximate surface area is 129 Å². The summed E-state index contributed by atoms with van der Waals surface area (Å²) in [6.45, 7) is 4.23. The summed E-state index contributed by atoms with van der Waals surface area (Å²) in [6.07, 6.45) is 0. The van der Waals surface area contributed by atoms with Gasteiger partial charge in [0.1, 0.15) is 0 Å². The molecule has 0 atom stereocenters. The Bertz CT molecular complexity index is 576. The van der Waals surface area contributed by atoms with Gasteiger partial charge < -0.3 is 0 Å². The molecule has 0 fully saturated rings. The summed E-state index contributed by atoms with van der Waals surface area (Å²) >= 11 is 3.50. The number of carbonyl (C=O) groups excluding carboxylic acids is 1. The van der Waals surface area contributed by atoms with E-state index < -0.39 is 0 Å². The summed E-state index contributed by atoms with van der Waals surface area (Å²) in [5.41, 5.74) is 1.56. The minimum atomic E-state index is 0.106. The quantitative estimate of drug-likeness (QED) is 0.543. The zero-order valence-corrected chi connectivity index (χ0v) is 13.4. The Balaban J connectivity index is 2.26. The summed E-state index contributed by atoms with van der Waals surface area (Å²) in [7, 11) is 0. The first kappa shape index (κ1) is 15.2. The molecule has 0 bridgehead atoms. The van der Waals surface area contributed by atoms with Gasteiger partial charge in [0.25, 0.3) is 0 Å². The summed E-state index contributed by atoms with van der Waals surface area (Å²) in [4.78, 5) is 14.9. The van der Waals surface area contributed by atoms with Crippen molar-refractivity contribution in [1.82, 2.24) is 0 Å². The van der Waals surface area contributed by atoms with Crippen molar-refractivity contribution in [1.29, 1.82) is 0 Å². The minimum absolute atomic E-state index is 0.106. The van der Waals surface area contributed by atoms with E-state index in [1.807, 2.05) is 48.5 Å². The Hall–Kier alpha value is -1.19. The topological polar surface area (TPSA) is 17.1 Å². The van der Waals surface area contributed by atoms with Crippen molar-refractivity contribution >= 4 is 29.3 Å². The van der Waals surface area contributed by atoms with Crippen molar-refractivity contribution in [3.8, 4) is 0 Å². The van der Waals surface area contributed by atoms with Gasteiger partial charge in [-0.1, -0.05) is 26.0 Å². The van der Waals surface area contributed by atoms with Crippen molar-refractivity contribution in [3.63, 3.8) is 0 Å². The van der Waals surface area contributed by atoms with Crippen molar-refractivity contribution in [2.75, 3.05) is 11.5 Å². The maximum Gasteiger partial charge on any atom is 0.194 e. The second kappa shape index (κ2) is 7.55. The molecule has 3 heteroatoms. The van der Waals surface area contributed by atoms with Crippen molar-refractivity contribution in [3.05, 3.63) is 59.7 Å². The fourth-order valence-electron chi connectivity index (χ4n) is 1.96. The number of rotatable bonds is 6. The third kappa shape index (κ3) is 3.68. The predicted octanol–water partition coefficient (Wildman–Crippen LogP) is 5.14. The van der Waals surface area contributed by atoms with E-state index in [0.717, 1.165) is 27.5 Å². The Morgan fingerprint density at radius 1 is 0.900 bits per heavy atom. The van der Waals surface area contributed by atoms with Crippen LogP contribution < -0.4 is 0 Å². The maximum atomic E-state index is 12.6. The maximum absolute atomic E-state index is 12.6. The largest absolute Gasteiger partial charge is 0.289 e. The van der Waals surface area contributed by atoms with Crippen molar-refractivity contribution < 1.29 is 4.79 Å². The van der Waals surface area contributed by atoms with E-state index in [-0.39, 0.29) is 5.78 Å². The molecule has 1 nitrogen and oxygen atoms in total. The third-order valence-electron chi connectivity index (χ3n) is 2.86. The van der Waals surface area contributed by atoms with Crippen LogP contribution in [0.1, 0.15) is 29.8 Å². The lowest BCUT2D eigenvalue weighted by atomic mass is 10.0. The second-order valence-electron chi connectivity index (χ2n) is 4.22. The van der Waals surface area contributed by atoms with E-state index in [4.69, 9.17) is 0 Å². The lowest BCUT2D eigenvalue weighted by molar-refractivity contribution is 0.103. The fourth-order valence-corrected chi connectivity index (χ4v) is 3.42. The van der Waals surface area contributed by atoms with Crippen LogP contribution in [0.3, 0.4) is 0 Å². The molecule has 0 aliphatic carbocycles. The van der Waals surface area contributed by atoms with Gasteiger partial charge in [-0.3, -0.25) is 4.79 Å². The number of hydrogen-bond donors (Lipinski definition) is 0. The molecule has 0 saturated carbocycles. The standard InChI is InChI=1S/C17H18OS2/c1-3-19-14-11-9-13(10-12-14)17(18)15-7-5-6-8-16(15)20-4-2/h5-12H,3-4H2,1-2H3. The highest BCUT2D eigenvalue weighted by molar-refractivity contribution is 7.99. The fraction of sp³-hybridized carbons (Fsp3) is 0.235. The first-order valence-electron chi connectivity index (χ1n) is 6.75. The van der Waals surface area contributed by atoms with E-state index >= 15 is 0 Å². The molecule has 2 aromatic carbocycles. The molecule has 20 heavy (non-hydrogen) atoms. The molecule has 104 valence electrons. The average molecular weight is 302 g/mol. The highest BCUT2D eigenvalue weighted by Gasteiger charge is 2.13. The van der Waals surface area contributed by atoms with Gasteiger partial charge in [0.15, 0.2) is 5.78 Å². The number of hydrogen-bond acceptors (Lipinski definition) is 3. The van der Waals surface area contributed by atoms with Crippen LogP contribution in [0.5, 0.6) is 0 Å². The SMILES string of the molecule is CCSc1ccc(C(=O)c2ccccc2SCC)cc1. The van der Waals surface area contributed by atoms with E-state index in [2.05, 4.69) is 13.8 Å². The van der Waals surface area contributed by atoms with Crippen molar-refractivity contribution in [2.24, 2.45) is 0 Å². The normalized spacial score (nSPS) is 10.5. The van der Waals surface area contributed by atoms with Crippen molar-refractivity contribution in [2.45, 2.75) is 23.6 Å². The van der Waals surface area contributed by atoms with Gasteiger partial charge in [-0.15, -0.1) is 23.5 Å².